The topological polar surface area (TPSA) is 37.8 Å². The number of para-hydroxylation sites is 1. The lowest BCUT2D eigenvalue weighted by atomic mass is 10.1. The van der Waals surface area contributed by atoms with Gasteiger partial charge in [0, 0.05) is 16.8 Å². The van der Waals surface area contributed by atoms with E-state index in [0.717, 1.165) is 23.1 Å². The van der Waals surface area contributed by atoms with Gasteiger partial charge >= 0.3 is 0 Å². The largest absolute Gasteiger partial charge is 0.367 e. The highest BCUT2D eigenvalue weighted by Gasteiger charge is 2.09. The zero-order valence-electron chi connectivity index (χ0n) is 10.0. The predicted molar refractivity (Wildman–Crippen MR) is 72.6 cm³/mol. The lowest BCUT2D eigenvalue weighted by Crippen LogP contribution is -2.19. The smallest absolute Gasteiger partial charge is 0.137 e. The van der Waals surface area contributed by atoms with Gasteiger partial charge in [-0.2, -0.15) is 0 Å². The van der Waals surface area contributed by atoms with Gasteiger partial charge in [0.2, 0.25) is 0 Å². The van der Waals surface area contributed by atoms with Crippen LogP contribution in [0.15, 0.2) is 30.6 Å². The van der Waals surface area contributed by atoms with Crippen LogP contribution in [0.25, 0.3) is 10.9 Å². The van der Waals surface area contributed by atoms with Crippen molar-refractivity contribution >= 4 is 28.3 Å². The maximum absolute atomic E-state index is 5.98. The SMILES string of the molecule is CC(Cl)CC(C)Nc1ncnc2ccccc12. The van der Waals surface area contributed by atoms with Crippen LogP contribution in [-0.2, 0) is 0 Å². The number of aromatic nitrogens is 2. The van der Waals surface area contributed by atoms with Crippen molar-refractivity contribution in [3.05, 3.63) is 30.6 Å². The van der Waals surface area contributed by atoms with Crippen molar-refractivity contribution in [1.29, 1.82) is 0 Å². The fourth-order valence-electron chi connectivity index (χ4n) is 1.90. The van der Waals surface area contributed by atoms with Gasteiger partial charge in [-0.15, -0.1) is 11.6 Å². The van der Waals surface area contributed by atoms with Crippen LogP contribution in [0, 0.1) is 0 Å². The third-order valence-corrected chi connectivity index (χ3v) is 2.78. The average molecular weight is 250 g/mol. The second-order valence-corrected chi connectivity index (χ2v) is 5.05. The van der Waals surface area contributed by atoms with Crippen LogP contribution in [-0.4, -0.2) is 21.4 Å². The van der Waals surface area contributed by atoms with E-state index in [1.54, 1.807) is 6.33 Å². The number of anilines is 1. The molecule has 0 aliphatic rings. The summed E-state index contributed by atoms with van der Waals surface area (Å²) in [5.41, 5.74) is 0.955. The molecule has 17 heavy (non-hydrogen) atoms. The molecule has 0 aliphatic carbocycles. The first kappa shape index (κ1) is 12.1. The summed E-state index contributed by atoms with van der Waals surface area (Å²) in [5, 5.41) is 4.58. The molecule has 1 aromatic carbocycles. The molecule has 0 radical (unpaired) electrons. The molecular weight excluding hydrogens is 234 g/mol. The number of fused-ring (bicyclic) bond motifs is 1. The van der Waals surface area contributed by atoms with Crippen molar-refractivity contribution in [2.24, 2.45) is 0 Å². The Labute approximate surface area is 106 Å². The molecule has 1 aromatic heterocycles. The van der Waals surface area contributed by atoms with Gasteiger partial charge in [0.25, 0.3) is 0 Å². The molecule has 0 saturated heterocycles. The van der Waals surface area contributed by atoms with Crippen LogP contribution in [0.5, 0.6) is 0 Å². The molecule has 2 rings (SSSR count). The molecule has 2 unspecified atom stereocenters. The third kappa shape index (κ3) is 3.07. The highest BCUT2D eigenvalue weighted by molar-refractivity contribution is 6.20. The highest BCUT2D eigenvalue weighted by atomic mass is 35.5. The lowest BCUT2D eigenvalue weighted by Gasteiger charge is -2.16. The first-order valence-corrected chi connectivity index (χ1v) is 6.21. The number of alkyl halides is 1. The standard InChI is InChI=1S/C13H16ClN3/c1-9(14)7-10(2)17-13-11-5-3-4-6-12(11)15-8-16-13/h3-6,8-10H,7H2,1-2H3,(H,15,16,17). The van der Waals surface area contributed by atoms with E-state index in [0.29, 0.717) is 6.04 Å². The van der Waals surface area contributed by atoms with Crippen LogP contribution in [0.2, 0.25) is 0 Å². The normalized spacial score (nSPS) is 14.5. The van der Waals surface area contributed by atoms with Crippen LogP contribution in [0.3, 0.4) is 0 Å². The molecule has 3 nitrogen and oxygen atoms in total. The van der Waals surface area contributed by atoms with E-state index in [4.69, 9.17) is 11.6 Å². The Balaban J connectivity index is 2.24. The Kier molecular flexibility index (Phi) is 3.79. The van der Waals surface area contributed by atoms with Gasteiger partial charge in [0.05, 0.1) is 5.52 Å². The van der Waals surface area contributed by atoms with E-state index in [2.05, 4.69) is 22.2 Å². The van der Waals surface area contributed by atoms with Gasteiger partial charge in [0.1, 0.15) is 12.1 Å². The summed E-state index contributed by atoms with van der Waals surface area (Å²) in [4.78, 5) is 8.52. The maximum Gasteiger partial charge on any atom is 0.137 e. The lowest BCUT2D eigenvalue weighted by molar-refractivity contribution is 0.694. The maximum atomic E-state index is 5.98. The van der Waals surface area contributed by atoms with Gasteiger partial charge < -0.3 is 5.32 Å². The summed E-state index contributed by atoms with van der Waals surface area (Å²) < 4.78 is 0. The minimum absolute atomic E-state index is 0.158. The zero-order valence-corrected chi connectivity index (χ0v) is 10.8. The third-order valence-electron chi connectivity index (χ3n) is 2.60. The van der Waals surface area contributed by atoms with E-state index < -0.39 is 0 Å². The van der Waals surface area contributed by atoms with E-state index >= 15 is 0 Å². The van der Waals surface area contributed by atoms with Gasteiger partial charge in [-0.05, 0) is 32.4 Å². The minimum Gasteiger partial charge on any atom is -0.367 e. The summed E-state index contributed by atoms with van der Waals surface area (Å²) in [5.74, 6) is 0.875. The van der Waals surface area contributed by atoms with Gasteiger partial charge in [0.15, 0.2) is 0 Å². The van der Waals surface area contributed by atoms with Crippen molar-refractivity contribution in [2.75, 3.05) is 5.32 Å². The summed E-state index contributed by atoms with van der Waals surface area (Å²) in [6.45, 7) is 4.10. The molecule has 1 heterocycles. The van der Waals surface area contributed by atoms with Crippen LogP contribution in [0.4, 0.5) is 5.82 Å². The van der Waals surface area contributed by atoms with E-state index in [1.165, 1.54) is 0 Å². The van der Waals surface area contributed by atoms with Crippen molar-refractivity contribution in [1.82, 2.24) is 9.97 Å². The number of benzene rings is 1. The fourth-order valence-corrected chi connectivity index (χ4v) is 2.17. The first-order valence-electron chi connectivity index (χ1n) is 5.77. The van der Waals surface area contributed by atoms with E-state index in [-0.39, 0.29) is 5.38 Å². The Morgan fingerprint density at radius 1 is 1.24 bits per heavy atom. The van der Waals surface area contributed by atoms with Gasteiger partial charge in [-0.3, -0.25) is 0 Å². The van der Waals surface area contributed by atoms with Crippen molar-refractivity contribution in [3.63, 3.8) is 0 Å². The van der Waals surface area contributed by atoms with Crippen molar-refractivity contribution in [2.45, 2.75) is 31.7 Å². The van der Waals surface area contributed by atoms with Crippen molar-refractivity contribution in [3.8, 4) is 0 Å². The molecule has 0 saturated carbocycles. The van der Waals surface area contributed by atoms with Crippen LogP contribution < -0.4 is 5.32 Å². The Bertz CT molecular complexity index is 493. The second-order valence-electron chi connectivity index (χ2n) is 4.30. The van der Waals surface area contributed by atoms with Crippen LogP contribution >= 0.6 is 11.6 Å². The number of nitrogens with one attached hydrogen (secondary N) is 1. The monoisotopic (exact) mass is 249 g/mol. The van der Waals surface area contributed by atoms with E-state index in [9.17, 15) is 0 Å². The molecule has 0 amide bonds. The summed E-state index contributed by atoms with van der Waals surface area (Å²) in [6.07, 6.45) is 2.49. The molecule has 0 fully saturated rings. The summed E-state index contributed by atoms with van der Waals surface area (Å²) >= 11 is 5.98. The van der Waals surface area contributed by atoms with Gasteiger partial charge in [-0.1, -0.05) is 12.1 Å². The molecule has 90 valence electrons. The predicted octanol–water partition coefficient (Wildman–Crippen LogP) is 3.45. The van der Waals surface area contributed by atoms with Crippen molar-refractivity contribution < 1.29 is 0 Å². The Morgan fingerprint density at radius 2 is 2.00 bits per heavy atom. The van der Waals surface area contributed by atoms with E-state index in [1.807, 2.05) is 31.2 Å². The Morgan fingerprint density at radius 3 is 2.76 bits per heavy atom. The summed E-state index contributed by atoms with van der Waals surface area (Å²) in [6, 6.07) is 8.27. The highest BCUT2D eigenvalue weighted by Crippen LogP contribution is 2.20. The first-order chi connectivity index (χ1) is 8.16. The zero-order chi connectivity index (χ0) is 12.3. The average Bonchev–Trinajstić information content (AvgIpc) is 2.28. The van der Waals surface area contributed by atoms with Crippen LogP contribution in [0.1, 0.15) is 20.3 Å². The Hall–Kier alpha value is -1.35. The molecule has 0 bridgehead atoms. The molecule has 4 heteroatoms. The number of halogens is 1. The molecule has 0 spiro atoms. The molecule has 2 atom stereocenters. The fraction of sp³-hybridized carbons (Fsp3) is 0.385. The van der Waals surface area contributed by atoms with Gasteiger partial charge in [-0.25, -0.2) is 9.97 Å². The quantitative estimate of drug-likeness (QED) is 0.844. The second kappa shape index (κ2) is 5.32. The number of hydrogen-bond acceptors (Lipinski definition) is 3. The number of nitrogens with zero attached hydrogens (tertiary/aromatic N) is 2. The molecule has 1 N–H and O–H groups in total. The minimum atomic E-state index is 0.158. The number of hydrogen-bond donors (Lipinski definition) is 1. The molecule has 0 aliphatic heterocycles. The molecule has 2 aromatic rings. The number of rotatable bonds is 4. The molecular formula is C13H16ClN3. The summed E-state index contributed by atoms with van der Waals surface area (Å²) in [7, 11) is 0.